The molecule has 0 amide bonds. The minimum atomic E-state index is 0. The molecule has 0 heterocycles. The normalized spacial score (nSPS) is 5.50. The maximum Gasteiger partial charge on any atom is 0 e. The van der Waals surface area contributed by atoms with Crippen molar-refractivity contribution in [2.45, 2.75) is 0 Å². The van der Waals surface area contributed by atoms with Crippen LogP contribution in [0.1, 0.15) is 0 Å². The van der Waals surface area contributed by atoms with Crippen molar-refractivity contribution in [2.24, 2.45) is 0 Å². The molecule has 0 aliphatic rings. The Balaban J connectivity index is -0.0000000267. The Labute approximate surface area is 67.0 Å². The summed E-state index contributed by atoms with van der Waals surface area (Å²) in [5, 5.41) is 0. The summed E-state index contributed by atoms with van der Waals surface area (Å²) in [7, 11) is 0. The minimum absolute atomic E-state index is 0. The van der Waals surface area contributed by atoms with Crippen LogP contribution in [0.3, 0.4) is 0 Å². The van der Waals surface area contributed by atoms with Gasteiger partial charge in [0.25, 0.3) is 0 Å². The number of allylic oxidation sites excluding steroid dienone is 3. The summed E-state index contributed by atoms with van der Waals surface area (Å²) in [6.45, 7) is 8.27. The molecule has 0 bridgehead atoms. The maximum absolute atomic E-state index is 4.89. The van der Waals surface area contributed by atoms with Gasteiger partial charge >= 0.3 is 0 Å². The molecule has 0 rings (SSSR count). The Morgan fingerprint density at radius 1 is 1.25 bits per heavy atom. The molecule has 53 valence electrons. The van der Waals surface area contributed by atoms with Crippen LogP contribution < -0.4 is 0 Å². The summed E-state index contributed by atoms with van der Waals surface area (Å²) in [6.07, 6.45) is 4.73. The van der Waals surface area contributed by atoms with E-state index in [-0.39, 0.29) is 35.0 Å². The van der Waals surface area contributed by atoms with Gasteiger partial charge in [0.2, 0.25) is 0 Å². The SMILES string of the molecule is [CH-]=C/C=C\[CH2-].[CH3-].[CH3-].[Ir]. The molecule has 0 aliphatic carbocycles. The van der Waals surface area contributed by atoms with Crippen LogP contribution in [0.2, 0.25) is 0 Å². The third kappa shape index (κ3) is 37.5. The van der Waals surface area contributed by atoms with Crippen LogP contribution >= 0.6 is 0 Å². The van der Waals surface area contributed by atoms with Gasteiger partial charge in [-0.1, -0.05) is 0 Å². The van der Waals surface area contributed by atoms with E-state index in [1.54, 1.807) is 12.2 Å². The van der Waals surface area contributed by atoms with Crippen molar-refractivity contribution in [3.05, 3.63) is 46.6 Å². The van der Waals surface area contributed by atoms with E-state index in [1.807, 2.05) is 0 Å². The first-order chi connectivity index (χ1) is 2.41. The molecule has 0 spiro atoms. The van der Waals surface area contributed by atoms with Gasteiger partial charge in [0, 0.05) is 20.1 Å². The van der Waals surface area contributed by atoms with Crippen LogP contribution in [0.25, 0.3) is 0 Å². The van der Waals surface area contributed by atoms with Gasteiger partial charge in [0.1, 0.15) is 0 Å². The van der Waals surface area contributed by atoms with Crippen LogP contribution in [0.15, 0.2) is 18.2 Å². The van der Waals surface area contributed by atoms with E-state index in [1.165, 1.54) is 6.08 Å². The molecule has 0 atom stereocenters. The first-order valence-corrected chi connectivity index (χ1v) is 1.41. The van der Waals surface area contributed by atoms with Crippen LogP contribution in [0.5, 0.6) is 0 Å². The summed E-state index contributed by atoms with van der Waals surface area (Å²) in [6, 6.07) is 0. The molecule has 0 aromatic rings. The second-order valence-corrected chi connectivity index (χ2v) is 0.621. The Hall–Kier alpha value is -0.000649. The predicted molar refractivity (Wildman–Crippen MR) is 36.2 cm³/mol. The molecule has 0 aliphatic heterocycles. The zero-order valence-electron chi connectivity index (χ0n) is 5.35. The Morgan fingerprint density at radius 2 is 1.62 bits per heavy atom. The van der Waals surface area contributed by atoms with Crippen molar-refractivity contribution in [3.63, 3.8) is 0 Å². The van der Waals surface area contributed by atoms with Crippen LogP contribution in [-0.4, -0.2) is 0 Å². The third-order valence-corrected chi connectivity index (χ3v) is 0.247. The smallest absolute Gasteiger partial charge is 0 e. The molecule has 0 aromatic carbocycles. The largest absolute Gasteiger partial charge is 0.358 e. The maximum atomic E-state index is 4.89. The number of hydrogen-bond acceptors (Lipinski definition) is 0. The molecule has 1 heteroatoms. The fourth-order valence-electron chi connectivity index (χ4n) is 0.0786. The second kappa shape index (κ2) is 28.0. The first-order valence-electron chi connectivity index (χ1n) is 1.41. The molecule has 0 fully saturated rings. The van der Waals surface area contributed by atoms with E-state index in [0.717, 1.165) is 0 Å². The van der Waals surface area contributed by atoms with E-state index in [0.29, 0.717) is 0 Å². The Kier molecular flexibility index (Phi) is 85.8. The van der Waals surface area contributed by atoms with Crippen molar-refractivity contribution < 1.29 is 20.1 Å². The molecule has 0 saturated heterocycles. The van der Waals surface area contributed by atoms with E-state index in [4.69, 9.17) is 6.58 Å². The minimum Gasteiger partial charge on any atom is -0.358 e. The summed E-state index contributed by atoms with van der Waals surface area (Å²) in [5.74, 6) is 0. The zero-order valence-corrected chi connectivity index (χ0v) is 7.74. The van der Waals surface area contributed by atoms with Crippen molar-refractivity contribution in [1.29, 1.82) is 0 Å². The predicted octanol–water partition coefficient (Wildman–Crippen LogP) is 2.26. The summed E-state index contributed by atoms with van der Waals surface area (Å²) in [4.78, 5) is 0. The van der Waals surface area contributed by atoms with Gasteiger partial charge in [0.05, 0.1) is 0 Å². The van der Waals surface area contributed by atoms with Crippen molar-refractivity contribution in [2.75, 3.05) is 0 Å². The second-order valence-electron chi connectivity index (χ2n) is 0.621. The topological polar surface area (TPSA) is 0 Å². The monoisotopic (exact) mass is 289 g/mol. The fourth-order valence-corrected chi connectivity index (χ4v) is 0.0786. The molecule has 0 saturated carbocycles. The van der Waals surface area contributed by atoms with Crippen molar-refractivity contribution in [3.8, 4) is 0 Å². The first kappa shape index (κ1) is 24.5. The van der Waals surface area contributed by atoms with Crippen molar-refractivity contribution >= 4 is 0 Å². The van der Waals surface area contributed by atoms with Gasteiger partial charge in [-0.05, 0) is 0 Å². The van der Waals surface area contributed by atoms with Crippen molar-refractivity contribution in [1.82, 2.24) is 0 Å². The summed E-state index contributed by atoms with van der Waals surface area (Å²) >= 11 is 0. The molecule has 1 radical (unpaired) electrons. The van der Waals surface area contributed by atoms with Gasteiger partial charge < -0.3 is 14.9 Å². The van der Waals surface area contributed by atoms with Gasteiger partial charge in [0.15, 0.2) is 0 Å². The average molecular weight is 288 g/mol. The van der Waals surface area contributed by atoms with Gasteiger partial charge in [-0.15, -0.1) is 0 Å². The van der Waals surface area contributed by atoms with Gasteiger partial charge in [-0.3, -0.25) is 6.58 Å². The van der Waals surface area contributed by atoms with Crippen LogP contribution in [0.4, 0.5) is 0 Å². The molecule has 0 aromatic heterocycles. The molecule has 0 unspecified atom stereocenters. The summed E-state index contributed by atoms with van der Waals surface area (Å²) < 4.78 is 0. The summed E-state index contributed by atoms with van der Waals surface area (Å²) in [5.41, 5.74) is 0. The van der Waals surface area contributed by atoms with Gasteiger partial charge in [-0.2, -0.15) is 0 Å². The molecular formula is C7H12Ir-4. The number of rotatable bonds is 1. The zero-order chi connectivity index (χ0) is 4.12. The standard InChI is InChI=1S/C5H6.2CH3.Ir/c1-3-5-4-2;;;/h1,3-5H,2H2;2*1H3;/q-2;2*-1;/b5-4-;;;. The van der Waals surface area contributed by atoms with E-state index in [9.17, 15) is 0 Å². The third-order valence-electron chi connectivity index (χ3n) is 0.247. The molecular weight excluding hydrogens is 276 g/mol. The van der Waals surface area contributed by atoms with E-state index in [2.05, 4.69) is 6.92 Å². The molecule has 8 heavy (non-hydrogen) atoms. The van der Waals surface area contributed by atoms with E-state index >= 15 is 0 Å². The van der Waals surface area contributed by atoms with Crippen LogP contribution in [0, 0.1) is 28.4 Å². The van der Waals surface area contributed by atoms with Gasteiger partial charge in [-0.25, -0.2) is 25.2 Å². The Morgan fingerprint density at radius 3 is 1.62 bits per heavy atom. The number of hydrogen-bond donors (Lipinski definition) is 0. The molecule has 0 nitrogen and oxygen atoms in total. The average Bonchev–Trinajstić information content (AvgIpc) is 1.41. The van der Waals surface area contributed by atoms with E-state index < -0.39 is 0 Å². The quantitative estimate of drug-likeness (QED) is 0.513. The van der Waals surface area contributed by atoms with Crippen LogP contribution in [-0.2, 0) is 20.1 Å². The fraction of sp³-hybridized carbons (Fsp3) is 0. The molecule has 0 N–H and O–H groups in total. The Bertz CT molecular complexity index is 46.3.